The van der Waals surface area contributed by atoms with Crippen LogP contribution in [0.2, 0.25) is 0 Å². The molecular weight excluding hydrogens is 502 g/mol. The second-order valence-electron chi connectivity index (χ2n) is 7.74. The van der Waals surface area contributed by atoms with Crippen molar-refractivity contribution in [3.8, 4) is 11.8 Å². The van der Waals surface area contributed by atoms with Crippen LogP contribution in [0, 0.1) is 11.3 Å². The summed E-state index contributed by atoms with van der Waals surface area (Å²) in [5.74, 6) is -0.0330. The third-order valence-electron chi connectivity index (χ3n) is 5.39. The normalized spacial score (nSPS) is 10.8. The minimum absolute atomic E-state index is 0.214. The van der Waals surface area contributed by atoms with Crippen molar-refractivity contribution in [2.45, 2.75) is 12.5 Å². The maximum atomic E-state index is 13.1. The van der Waals surface area contributed by atoms with Crippen molar-refractivity contribution >= 4 is 28.1 Å². The minimum atomic E-state index is -0.464. The van der Waals surface area contributed by atoms with Gasteiger partial charge in [-0.25, -0.2) is 5.43 Å². The summed E-state index contributed by atoms with van der Waals surface area (Å²) in [7, 11) is 0. The molecule has 5 nitrogen and oxygen atoms in total. The average Bonchev–Trinajstić information content (AvgIpc) is 2.90. The fourth-order valence-electron chi connectivity index (χ4n) is 3.65. The topological polar surface area (TPSA) is 74.5 Å². The zero-order valence-corrected chi connectivity index (χ0v) is 20.4. The molecule has 172 valence electrons. The summed E-state index contributed by atoms with van der Waals surface area (Å²) in [5.41, 5.74) is 6.67. The number of amides is 1. The second-order valence-corrected chi connectivity index (χ2v) is 8.59. The molecular formula is C29H22BrN3O2. The third kappa shape index (κ3) is 6.23. The van der Waals surface area contributed by atoms with Crippen LogP contribution in [0.3, 0.4) is 0 Å². The smallest absolute Gasteiger partial charge is 0.252 e. The molecule has 0 unspecified atom stereocenters. The van der Waals surface area contributed by atoms with Gasteiger partial charge in [0.15, 0.2) is 0 Å². The highest BCUT2D eigenvalue weighted by molar-refractivity contribution is 9.10. The predicted octanol–water partition coefficient (Wildman–Crippen LogP) is 6.18. The summed E-state index contributed by atoms with van der Waals surface area (Å²) in [6.07, 6.45) is 1.59. The highest BCUT2D eigenvalue weighted by Gasteiger charge is 2.22. The Morgan fingerprint density at radius 1 is 0.943 bits per heavy atom. The van der Waals surface area contributed by atoms with Crippen molar-refractivity contribution in [2.24, 2.45) is 5.10 Å². The van der Waals surface area contributed by atoms with Crippen LogP contribution in [-0.2, 0) is 11.4 Å². The predicted molar refractivity (Wildman–Crippen MR) is 140 cm³/mol. The molecule has 0 saturated heterocycles. The summed E-state index contributed by atoms with van der Waals surface area (Å²) in [4.78, 5) is 13.1. The van der Waals surface area contributed by atoms with E-state index in [-0.39, 0.29) is 12.5 Å². The number of benzene rings is 4. The molecule has 0 heterocycles. The number of carbonyl (C=O) groups excluding carboxylic acids is 1. The quantitative estimate of drug-likeness (QED) is 0.221. The molecule has 0 atom stereocenters. The number of rotatable bonds is 8. The lowest BCUT2D eigenvalue weighted by atomic mass is 9.91. The molecule has 35 heavy (non-hydrogen) atoms. The number of nitrogens with zero attached hydrogens (tertiary/aromatic N) is 2. The van der Waals surface area contributed by atoms with E-state index < -0.39 is 5.92 Å². The number of carbonyl (C=O) groups is 1. The maximum Gasteiger partial charge on any atom is 0.252 e. The summed E-state index contributed by atoms with van der Waals surface area (Å²) in [6, 6.07) is 34.3. The number of nitriles is 1. The van der Waals surface area contributed by atoms with Gasteiger partial charge in [0.25, 0.3) is 5.91 Å². The van der Waals surface area contributed by atoms with Crippen LogP contribution in [-0.4, -0.2) is 12.1 Å². The van der Waals surface area contributed by atoms with Crippen molar-refractivity contribution in [3.63, 3.8) is 0 Å². The molecule has 1 N–H and O–H groups in total. The van der Waals surface area contributed by atoms with Gasteiger partial charge in [-0.3, -0.25) is 4.79 Å². The van der Waals surface area contributed by atoms with Crippen molar-refractivity contribution in [3.05, 3.63) is 135 Å². The first-order chi connectivity index (χ1) is 17.2. The number of hydrogen-bond acceptors (Lipinski definition) is 4. The van der Waals surface area contributed by atoms with Gasteiger partial charge in [-0.1, -0.05) is 78.9 Å². The molecule has 4 aromatic carbocycles. The monoisotopic (exact) mass is 523 g/mol. The Kier molecular flexibility index (Phi) is 8.05. The summed E-state index contributed by atoms with van der Waals surface area (Å²) >= 11 is 3.52. The van der Waals surface area contributed by atoms with Gasteiger partial charge in [-0.2, -0.15) is 10.4 Å². The molecule has 0 fully saturated rings. The van der Waals surface area contributed by atoms with Crippen LogP contribution in [0.5, 0.6) is 5.75 Å². The molecule has 0 saturated carbocycles. The van der Waals surface area contributed by atoms with Crippen molar-refractivity contribution in [1.29, 1.82) is 5.26 Å². The Balaban J connectivity index is 1.42. The average molecular weight is 524 g/mol. The van der Waals surface area contributed by atoms with E-state index in [4.69, 9.17) is 4.74 Å². The first kappa shape index (κ1) is 23.9. The SMILES string of the molecule is N#Cc1ccccc1COc1ccc(/C=N/NC(=O)C(c2ccccc2)c2ccccc2)cc1Br. The van der Waals surface area contributed by atoms with Crippen molar-refractivity contribution in [1.82, 2.24) is 5.43 Å². The molecule has 1 amide bonds. The highest BCUT2D eigenvalue weighted by atomic mass is 79.9. The van der Waals surface area contributed by atoms with E-state index in [1.54, 1.807) is 12.3 Å². The van der Waals surface area contributed by atoms with Gasteiger partial charge in [0.05, 0.1) is 28.2 Å². The molecule has 6 heteroatoms. The van der Waals surface area contributed by atoms with Gasteiger partial charge in [0.1, 0.15) is 12.4 Å². The van der Waals surface area contributed by atoms with E-state index in [2.05, 4.69) is 32.5 Å². The first-order valence-electron chi connectivity index (χ1n) is 11.0. The Bertz CT molecular complexity index is 1330. The molecule has 0 aliphatic carbocycles. The molecule has 0 radical (unpaired) electrons. The Hall–Kier alpha value is -4.21. The van der Waals surface area contributed by atoms with Crippen LogP contribution >= 0.6 is 15.9 Å². The number of hydrogen-bond donors (Lipinski definition) is 1. The summed E-state index contributed by atoms with van der Waals surface area (Å²) < 4.78 is 6.62. The van der Waals surface area contributed by atoms with Crippen molar-refractivity contribution < 1.29 is 9.53 Å². The van der Waals surface area contributed by atoms with E-state index in [1.807, 2.05) is 97.1 Å². The Morgan fingerprint density at radius 3 is 2.20 bits per heavy atom. The minimum Gasteiger partial charge on any atom is -0.488 e. The lowest BCUT2D eigenvalue weighted by molar-refractivity contribution is -0.121. The van der Waals surface area contributed by atoms with Crippen molar-refractivity contribution in [2.75, 3.05) is 0 Å². The third-order valence-corrected chi connectivity index (χ3v) is 6.01. The van der Waals surface area contributed by atoms with Gasteiger partial charge in [0, 0.05) is 5.56 Å². The molecule has 4 rings (SSSR count). The first-order valence-corrected chi connectivity index (χ1v) is 11.8. The van der Waals surface area contributed by atoms with Gasteiger partial charge in [-0.15, -0.1) is 0 Å². The number of hydrazone groups is 1. The van der Waals surface area contributed by atoms with E-state index >= 15 is 0 Å². The zero-order chi connectivity index (χ0) is 24.5. The molecule has 0 aliphatic heterocycles. The van der Waals surface area contributed by atoms with E-state index in [9.17, 15) is 10.1 Å². The van der Waals surface area contributed by atoms with Gasteiger partial charge < -0.3 is 4.74 Å². The largest absolute Gasteiger partial charge is 0.488 e. The fraction of sp³-hybridized carbons (Fsp3) is 0.0690. The lowest BCUT2D eigenvalue weighted by Crippen LogP contribution is -2.26. The van der Waals surface area contributed by atoms with Gasteiger partial charge >= 0.3 is 0 Å². The lowest BCUT2D eigenvalue weighted by Gasteiger charge is -2.16. The number of ether oxygens (including phenoxy) is 1. The molecule has 0 aliphatic rings. The second kappa shape index (κ2) is 11.8. The number of nitrogens with one attached hydrogen (secondary N) is 1. The zero-order valence-electron chi connectivity index (χ0n) is 18.8. The Labute approximate surface area is 212 Å². The van der Waals surface area contributed by atoms with Gasteiger partial charge in [0.2, 0.25) is 0 Å². The molecule has 4 aromatic rings. The molecule has 0 aromatic heterocycles. The fourth-order valence-corrected chi connectivity index (χ4v) is 4.16. The summed E-state index contributed by atoms with van der Waals surface area (Å²) in [5, 5.41) is 13.4. The van der Waals surface area contributed by atoms with Crippen LogP contribution in [0.1, 0.15) is 33.7 Å². The van der Waals surface area contributed by atoms with Crippen LogP contribution < -0.4 is 10.2 Å². The van der Waals surface area contributed by atoms with E-state index in [0.717, 1.165) is 26.7 Å². The van der Waals surface area contributed by atoms with E-state index in [1.165, 1.54) is 0 Å². The molecule has 0 bridgehead atoms. The van der Waals surface area contributed by atoms with E-state index in [0.29, 0.717) is 11.3 Å². The Morgan fingerprint density at radius 2 is 1.57 bits per heavy atom. The highest BCUT2D eigenvalue weighted by Crippen LogP contribution is 2.27. The van der Waals surface area contributed by atoms with Crippen LogP contribution in [0.4, 0.5) is 0 Å². The summed E-state index contributed by atoms with van der Waals surface area (Å²) in [6.45, 7) is 0.284. The standard InChI is InChI=1S/C29H22BrN3O2/c30-26-17-21(15-16-27(26)35-20-25-14-8-7-13-24(25)18-31)19-32-33-29(34)28(22-9-3-1-4-10-22)23-11-5-2-6-12-23/h1-17,19,28H,20H2,(H,33,34)/b32-19+. The van der Waals surface area contributed by atoms with Crippen LogP contribution in [0.25, 0.3) is 0 Å². The number of halogens is 1. The van der Waals surface area contributed by atoms with Crippen LogP contribution in [0.15, 0.2) is 113 Å². The molecule has 0 spiro atoms. The maximum absolute atomic E-state index is 13.1. The van der Waals surface area contributed by atoms with Gasteiger partial charge in [-0.05, 0) is 56.9 Å².